The molecule has 1 aliphatic heterocycles. The van der Waals surface area contributed by atoms with E-state index >= 15 is 0 Å². The molecule has 0 aromatic heterocycles. The number of rotatable bonds is 2. The maximum Gasteiger partial charge on any atom is 0.0594 e. The zero-order chi connectivity index (χ0) is 13.5. The Kier molecular flexibility index (Phi) is 18.0. The minimum Gasteiger partial charge on any atom is -0.379 e. The van der Waals surface area contributed by atoms with E-state index in [9.17, 15) is 0 Å². The smallest absolute Gasteiger partial charge is 0.0594 e. The Morgan fingerprint density at radius 2 is 1.41 bits per heavy atom. The molecule has 1 aliphatic carbocycles. The van der Waals surface area contributed by atoms with E-state index in [1.165, 1.54) is 25.8 Å². The topological polar surface area (TPSA) is 12.5 Å². The average Bonchev–Trinajstić information content (AvgIpc) is 3.19. The molecule has 1 saturated heterocycles. The van der Waals surface area contributed by atoms with Crippen LogP contribution in [-0.4, -0.2) is 37.7 Å². The van der Waals surface area contributed by atoms with Gasteiger partial charge in [0, 0.05) is 13.1 Å². The third-order valence-corrected chi connectivity index (χ3v) is 2.51. The summed E-state index contributed by atoms with van der Waals surface area (Å²) in [6.07, 6.45) is 4.24. The van der Waals surface area contributed by atoms with Crippen LogP contribution in [0.25, 0.3) is 0 Å². The van der Waals surface area contributed by atoms with Gasteiger partial charge in [-0.1, -0.05) is 54.4 Å². The zero-order valence-electron chi connectivity index (χ0n) is 13.1. The van der Waals surface area contributed by atoms with Crippen LogP contribution in [-0.2, 0) is 4.74 Å². The van der Waals surface area contributed by atoms with Gasteiger partial charge in [0.15, 0.2) is 0 Å². The van der Waals surface area contributed by atoms with Gasteiger partial charge in [-0.05, 0) is 18.9 Å². The maximum atomic E-state index is 5.20. The van der Waals surface area contributed by atoms with Crippen LogP contribution in [0.2, 0.25) is 0 Å². The predicted octanol–water partition coefficient (Wildman–Crippen LogP) is 4.20. The second kappa shape index (κ2) is 15.9. The van der Waals surface area contributed by atoms with Gasteiger partial charge in [-0.15, -0.1) is 0 Å². The molecule has 0 unspecified atom stereocenters. The first-order valence-corrected chi connectivity index (χ1v) is 7.63. The molecule has 0 aromatic rings. The van der Waals surface area contributed by atoms with Crippen molar-refractivity contribution in [2.45, 2.75) is 60.8 Å². The molecule has 0 bridgehead atoms. The molecule has 2 fully saturated rings. The van der Waals surface area contributed by atoms with Crippen LogP contribution in [0.4, 0.5) is 0 Å². The minimum atomic E-state index is 0.931. The number of morpholine rings is 1. The van der Waals surface area contributed by atoms with Crippen molar-refractivity contribution in [3.05, 3.63) is 0 Å². The molecule has 0 amide bonds. The summed E-state index contributed by atoms with van der Waals surface area (Å²) in [4.78, 5) is 2.45. The Labute approximate surface area is 110 Å². The zero-order valence-corrected chi connectivity index (χ0v) is 13.1. The molecule has 0 aromatic carbocycles. The van der Waals surface area contributed by atoms with Crippen molar-refractivity contribution < 1.29 is 4.74 Å². The van der Waals surface area contributed by atoms with Gasteiger partial charge in [0.05, 0.1) is 13.2 Å². The van der Waals surface area contributed by atoms with Gasteiger partial charge in [0.1, 0.15) is 0 Å². The molecule has 2 nitrogen and oxygen atoms in total. The van der Waals surface area contributed by atoms with E-state index in [2.05, 4.69) is 18.7 Å². The normalized spacial score (nSPS) is 18.7. The van der Waals surface area contributed by atoms with Gasteiger partial charge in [-0.3, -0.25) is 4.90 Å². The Hall–Kier alpha value is -0.0800. The molecule has 17 heavy (non-hydrogen) atoms. The van der Waals surface area contributed by atoms with Crippen LogP contribution in [0.3, 0.4) is 0 Å². The highest BCUT2D eigenvalue weighted by Gasteiger charge is 2.12. The van der Waals surface area contributed by atoms with Crippen molar-refractivity contribution in [1.29, 1.82) is 0 Å². The van der Waals surface area contributed by atoms with Crippen molar-refractivity contribution >= 4 is 0 Å². The molecule has 0 radical (unpaired) electrons. The van der Waals surface area contributed by atoms with Gasteiger partial charge in [-0.2, -0.15) is 0 Å². The summed E-state index contributed by atoms with van der Waals surface area (Å²) < 4.78 is 5.20. The average molecular weight is 245 g/mol. The summed E-state index contributed by atoms with van der Waals surface area (Å²) in [6, 6.07) is 0. The fourth-order valence-corrected chi connectivity index (χ4v) is 1.31. The van der Waals surface area contributed by atoms with Crippen LogP contribution in [0, 0.1) is 5.92 Å². The van der Waals surface area contributed by atoms with Crippen LogP contribution in [0.15, 0.2) is 0 Å². The molecule has 2 rings (SSSR count). The summed E-state index contributed by atoms with van der Waals surface area (Å²) >= 11 is 0. The second-order valence-corrected chi connectivity index (χ2v) is 4.14. The fourth-order valence-electron chi connectivity index (χ4n) is 1.31. The van der Waals surface area contributed by atoms with Crippen molar-refractivity contribution in [3.8, 4) is 0 Å². The Balaban J connectivity index is 0. The molecule has 2 heteroatoms. The minimum absolute atomic E-state index is 0.931. The Morgan fingerprint density at radius 1 is 1.00 bits per heavy atom. The highest BCUT2D eigenvalue weighted by Crippen LogP contribution is 2.26. The van der Waals surface area contributed by atoms with Crippen molar-refractivity contribution in [1.82, 2.24) is 4.90 Å². The second-order valence-electron chi connectivity index (χ2n) is 4.14. The number of nitrogens with zero attached hydrogens (tertiary/aromatic N) is 1. The van der Waals surface area contributed by atoms with E-state index in [1.54, 1.807) is 0 Å². The highest BCUT2D eigenvalue weighted by atomic mass is 16.5. The lowest BCUT2D eigenvalue weighted by atomic mass is 10.4. The lowest BCUT2D eigenvalue weighted by Crippen LogP contribution is -2.36. The molecule has 1 heterocycles. The molecule has 106 valence electrons. The third-order valence-electron chi connectivity index (χ3n) is 2.51. The number of hydrogen-bond donors (Lipinski definition) is 0. The molecule has 1 saturated carbocycles. The first-order chi connectivity index (χ1) is 8.33. The molecular weight excluding hydrogens is 210 g/mol. The van der Waals surface area contributed by atoms with E-state index in [0.717, 1.165) is 32.2 Å². The Morgan fingerprint density at radius 3 is 1.71 bits per heavy atom. The first-order valence-electron chi connectivity index (χ1n) is 7.63. The number of ether oxygens (including phenoxy) is 1. The summed E-state index contributed by atoms with van der Waals surface area (Å²) in [5, 5.41) is 0. The maximum absolute atomic E-state index is 5.20. The highest BCUT2D eigenvalue weighted by molar-refractivity contribution is 4.65. The van der Waals surface area contributed by atoms with Gasteiger partial charge in [0.2, 0.25) is 0 Å². The predicted molar refractivity (Wildman–Crippen MR) is 78.6 cm³/mol. The van der Waals surface area contributed by atoms with Crippen molar-refractivity contribution in [3.63, 3.8) is 0 Å². The Bertz CT molecular complexity index is 115. The largest absolute Gasteiger partial charge is 0.379 e. The quantitative estimate of drug-likeness (QED) is 0.723. The molecule has 0 N–H and O–H groups in total. The van der Waals surface area contributed by atoms with Gasteiger partial charge >= 0.3 is 0 Å². The summed E-state index contributed by atoms with van der Waals surface area (Å²) in [6.45, 7) is 17.9. The van der Waals surface area contributed by atoms with Crippen LogP contribution in [0.1, 0.15) is 60.8 Å². The SMILES string of the molecule is CC.CC.CC1CC1.CCCN1CCOCC1. The van der Waals surface area contributed by atoms with Gasteiger partial charge in [-0.25, -0.2) is 0 Å². The molecule has 0 spiro atoms. The van der Waals surface area contributed by atoms with E-state index < -0.39 is 0 Å². The van der Waals surface area contributed by atoms with Crippen LogP contribution in [0.5, 0.6) is 0 Å². The third kappa shape index (κ3) is 15.9. The lowest BCUT2D eigenvalue weighted by molar-refractivity contribution is 0.0380. The van der Waals surface area contributed by atoms with E-state index in [0.29, 0.717) is 0 Å². The lowest BCUT2D eigenvalue weighted by Gasteiger charge is -2.25. The summed E-state index contributed by atoms with van der Waals surface area (Å²) in [7, 11) is 0. The van der Waals surface area contributed by atoms with Crippen LogP contribution < -0.4 is 0 Å². The fraction of sp³-hybridized carbons (Fsp3) is 1.00. The number of hydrogen-bond acceptors (Lipinski definition) is 2. The molecule has 0 atom stereocenters. The van der Waals surface area contributed by atoms with E-state index in [1.807, 2.05) is 27.7 Å². The van der Waals surface area contributed by atoms with Gasteiger partial charge < -0.3 is 4.74 Å². The summed E-state index contributed by atoms with van der Waals surface area (Å²) in [5.74, 6) is 1.08. The first kappa shape index (κ1) is 19.3. The van der Waals surface area contributed by atoms with Crippen molar-refractivity contribution in [2.75, 3.05) is 32.8 Å². The standard InChI is InChI=1S/C7H15NO.C4H8.2C2H6/c1-2-3-8-4-6-9-7-5-8;1-4-2-3-4;2*1-2/h2-7H2,1H3;4H,2-3H2,1H3;2*1-2H3. The molecular formula is C15H35NO. The van der Waals surface area contributed by atoms with E-state index in [4.69, 9.17) is 4.74 Å². The monoisotopic (exact) mass is 245 g/mol. The van der Waals surface area contributed by atoms with Gasteiger partial charge in [0.25, 0.3) is 0 Å². The van der Waals surface area contributed by atoms with E-state index in [-0.39, 0.29) is 0 Å². The van der Waals surface area contributed by atoms with Crippen LogP contribution >= 0.6 is 0 Å². The van der Waals surface area contributed by atoms with Crippen molar-refractivity contribution in [2.24, 2.45) is 5.92 Å². The summed E-state index contributed by atoms with van der Waals surface area (Å²) in [5.41, 5.74) is 0. The molecule has 2 aliphatic rings.